The molecule has 1 saturated carbocycles. The molecule has 0 spiro atoms. The molecular weight excluding hydrogens is 276 g/mol. The first-order chi connectivity index (χ1) is 10.7. The van der Waals surface area contributed by atoms with Crippen LogP contribution in [-0.4, -0.2) is 40.0 Å². The number of carbonyl (C=O) groups excluding carboxylic acids is 1. The van der Waals surface area contributed by atoms with Gasteiger partial charge in [0.1, 0.15) is 11.9 Å². The van der Waals surface area contributed by atoms with Crippen LogP contribution < -0.4 is 5.32 Å². The number of nitrogens with zero attached hydrogens (tertiary/aromatic N) is 3. The fraction of sp³-hybridized carbons (Fsp3) is 0.765. The minimum Gasteiger partial charge on any atom is -0.336 e. The standard InChI is InChI=1S/C17H28N4O/c1-13(11-14-5-3-4-6-14)17(22)21-10-7-18-12-15(21)16-19-8-9-20(16)2/h8-9,13-15,18H,3-7,10-12H2,1-2H3. The first kappa shape index (κ1) is 15.5. The number of imidazole rings is 1. The van der Waals surface area contributed by atoms with Crippen LogP contribution in [0.2, 0.25) is 0 Å². The third-order valence-corrected chi connectivity index (χ3v) is 5.27. The second-order valence-electron chi connectivity index (χ2n) is 6.94. The minimum absolute atomic E-state index is 0.0623. The molecule has 5 heteroatoms. The topological polar surface area (TPSA) is 50.2 Å². The van der Waals surface area contributed by atoms with Crippen molar-refractivity contribution >= 4 is 5.91 Å². The average molecular weight is 304 g/mol. The van der Waals surface area contributed by atoms with E-state index in [0.717, 1.165) is 37.8 Å². The predicted octanol–water partition coefficient (Wildman–Crippen LogP) is 2.11. The molecule has 1 N–H and O–H groups in total. The lowest BCUT2D eigenvalue weighted by molar-refractivity contribution is -0.139. The third kappa shape index (κ3) is 3.19. The fourth-order valence-electron chi connectivity index (χ4n) is 4.03. The number of nitrogens with one attached hydrogen (secondary N) is 1. The molecule has 0 radical (unpaired) electrons. The van der Waals surface area contributed by atoms with Crippen molar-refractivity contribution in [2.45, 2.75) is 45.1 Å². The van der Waals surface area contributed by atoms with Crippen molar-refractivity contribution in [3.63, 3.8) is 0 Å². The smallest absolute Gasteiger partial charge is 0.226 e. The van der Waals surface area contributed by atoms with E-state index in [2.05, 4.69) is 22.1 Å². The fourth-order valence-corrected chi connectivity index (χ4v) is 4.03. The normalized spacial score (nSPS) is 24.6. The van der Waals surface area contributed by atoms with Crippen molar-refractivity contribution < 1.29 is 4.79 Å². The lowest BCUT2D eigenvalue weighted by atomic mass is 9.93. The van der Waals surface area contributed by atoms with Gasteiger partial charge in [-0.25, -0.2) is 4.98 Å². The van der Waals surface area contributed by atoms with Gasteiger partial charge in [-0.05, 0) is 12.3 Å². The van der Waals surface area contributed by atoms with Crippen molar-refractivity contribution in [2.75, 3.05) is 19.6 Å². The molecule has 22 heavy (non-hydrogen) atoms. The highest BCUT2D eigenvalue weighted by Gasteiger charge is 2.33. The zero-order valence-electron chi connectivity index (χ0n) is 13.8. The third-order valence-electron chi connectivity index (χ3n) is 5.27. The van der Waals surface area contributed by atoms with Crippen LogP contribution in [0.5, 0.6) is 0 Å². The van der Waals surface area contributed by atoms with Crippen molar-refractivity contribution in [1.82, 2.24) is 19.8 Å². The molecule has 1 aliphatic heterocycles. The summed E-state index contributed by atoms with van der Waals surface area (Å²) in [4.78, 5) is 19.5. The zero-order valence-corrected chi connectivity index (χ0v) is 13.8. The summed E-state index contributed by atoms with van der Waals surface area (Å²) in [5.41, 5.74) is 0. The lowest BCUT2D eigenvalue weighted by Gasteiger charge is -2.37. The largest absolute Gasteiger partial charge is 0.336 e. The first-order valence-corrected chi connectivity index (χ1v) is 8.65. The van der Waals surface area contributed by atoms with Crippen LogP contribution in [0.15, 0.2) is 12.4 Å². The molecule has 122 valence electrons. The first-order valence-electron chi connectivity index (χ1n) is 8.65. The Kier molecular flexibility index (Phi) is 4.81. The van der Waals surface area contributed by atoms with E-state index in [1.54, 1.807) is 0 Å². The highest BCUT2D eigenvalue weighted by molar-refractivity contribution is 5.79. The molecule has 2 atom stereocenters. The maximum atomic E-state index is 13.0. The highest BCUT2D eigenvalue weighted by Crippen LogP contribution is 2.32. The van der Waals surface area contributed by atoms with Crippen LogP contribution in [0.4, 0.5) is 0 Å². The van der Waals surface area contributed by atoms with E-state index in [1.807, 2.05) is 24.0 Å². The number of rotatable bonds is 4. The number of aromatic nitrogens is 2. The van der Waals surface area contributed by atoms with E-state index < -0.39 is 0 Å². The predicted molar refractivity (Wildman–Crippen MR) is 86.3 cm³/mol. The van der Waals surface area contributed by atoms with Gasteiger partial charge in [0.25, 0.3) is 0 Å². The molecule has 1 aliphatic carbocycles. The second-order valence-corrected chi connectivity index (χ2v) is 6.94. The van der Waals surface area contributed by atoms with Crippen LogP contribution in [0.1, 0.15) is 50.9 Å². The Morgan fingerprint density at radius 2 is 2.23 bits per heavy atom. The van der Waals surface area contributed by atoms with Gasteiger partial charge in [-0.15, -0.1) is 0 Å². The van der Waals surface area contributed by atoms with E-state index >= 15 is 0 Å². The van der Waals surface area contributed by atoms with Gasteiger partial charge in [0.2, 0.25) is 5.91 Å². The van der Waals surface area contributed by atoms with Crippen LogP contribution in [0.25, 0.3) is 0 Å². The average Bonchev–Trinajstić information content (AvgIpc) is 3.18. The van der Waals surface area contributed by atoms with Crippen LogP contribution in [0, 0.1) is 11.8 Å². The second kappa shape index (κ2) is 6.82. The van der Waals surface area contributed by atoms with Crippen LogP contribution >= 0.6 is 0 Å². The Bertz CT molecular complexity index is 507. The number of hydrogen-bond donors (Lipinski definition) is 1. The lowest BCUT2D eigenvalue weighted by Crippen LogP contribution is -2.51. The number of amides is 1. The van der Waals surface area contributed by atoms with Crippen LogP contribution in [-0.2, 0) is 11.8 Å². The minimum atomic E-state index is 0.0623. The Morgan fingerprint density at radius 3 is 2.91 bits per heavy atom. The molecule has 2 fully saturated rings. The summed E-state index contributed by atoms with van der Waals surface area (Å²) in [7, 11) is 2.00. The summed E-state index contributed by atoms with van der Waals surface area (Å²) in [5.74, 6) is 2.17. The molecule has 0 bridgehead atoms. The molecule has 1 amide bonds. The molecular formula is C17H28N4O. The summed E-state index contributed by atoms with van der Waals surface area (Å²) in [6.07, 6.45) is 10.1. The Balaban J connectivity index is 1.69. The van der Waals surface area contributed by atoms with Gasteiger partial charge in [-0.2, -0.15) is 0 Å². The SMILES string of the molecule is CC(CC1CCCC1)C(=O)N1CCNCC1c1nccn1C. The molecule has 1 aromatic rings. The molecule has 5 nitrogen and oxygen atoms in total. The number of carbonyl (C=O) groups is 1. The molecule has 1 saturated heterocycles. The van der Waals surface area contributed by atoms with Gasteiger partial charge >= 0.3 is 0 Å². The van der Waals surface area contributed by atoms with E-state index in [4.69, 9.17) is 0 Å². The van der Waals surface area contributed by atoms with Gasteiger partial charge in [0.15, 0.2) is 0 Å². The summed E-state index contributed by atoms with van der Waals surface area (Å²) in [6, 6.07) is 0.0623. The molecule has 2 heterocycles. The Hall–Kier alpha value is -1.36. The van der Waals surface area contributed by atoms with Gasteiger partial charge in [0, 0.05) is 45.0 Å². The molecule has 0 aromatic carbocycles. The molecule has 3 rings (SSSR count). The van der Waals surface area contributed by atoms with E-state index in [9.17, 15) is 4.79 Å². The van der Waals surface area contributed by atoms with Gasteiger partial charge in [-0.3, -0.25) is 4.79 Å². The van der Waals surface area contributed by atoms with Crippen molar-refractivity contribution in [1.29, 1.82) is 0 Å². The van der Waals surface area contributed by atoms with Crippen molar-refractivity contribution in [3.05, 3.63) is 18.2 Å². The van der Waals surface area contributed by atoms with Crippen molar-refractivity contribution in [2.24, 2.45) is 18.9 Å². The molecule has 2 aliphatic rings. The monoisotopic (exact) mass is 304 g/mol. The van der Waals surface area contributed by atoms with Crippen molar-refractivity contribution in [3.8, 4) is 0 Å². The Morgan fingerprint density at radius 1 is 1.45 bits per heavy atom. The van der Waals surface area contributed by atoms with E-state index in [1.165, 1.54) is 25.7 Å². The zero-order chi connectivity index (χ0) is 15.5. The number of piperazine rings is 1. The van der Waals surface area contributed by atoms with E-state index in [0.29, 0.717) is 5.91 Å². The van der Waals surface area contributed by atoms with Gasteiger partial charge in [0.05, 0.1) is 0 Å². The highest BCUT2D eigenvalue weighted by atomic mass is 16.2. The maximum Gasteiger partial charge on any atom is 0.226 e. The quantitative estimate of drug-likeness (QED) is 0.927. The van der Waals surface area contributed by atoms with Gasteiger partial charge < -0.3 is 14.8 Å². The molecule has 2 unspecified atom stereocenters. The summed E-state index contributed by atoms with van der Waals surface area (Å²) in [6.45, 7) is 4.57. The summed E-state index contributed by atoms with van der Waals surface area (Å²) in [5, 5.41) is 3.40. The van der Waals surface area contributed by atoms with Gasteiger partial charge in [-0.1, -0.05) is 32.6 Å². The summed E-state index contributed by atoms with van der Waals surface area (Å²) < 4.78 is 2.03. The van der Waals surface area contributed by atoms with Crippen LogP contribution in [0.3, 0.4) is 0 Å². The molecule has 1 aromatic heterocycles. The maximum absolute atomic E-state index is 13.0. The number of aryl methyl sites for hydroxylation is 1. The summed E-state index contributed by atoms with van der Waals surface area (Å²) >= 11 is 0. The Labute approximate surface area is 133 Å². The van der Waals surface area contributed by atoms with E-state index in [-0.39, 0.29) is 12.0 Å². The number of hydrogen-bond acceptors (Lipinski definition) is 3.